The van der Waals surface area contributed by atoms with Gasteiger partial charge in [0.05, 0.1) is 13.0 Å². The van der Waals surface area contributed by atoms with E-state index in [4.69, 9.17) is 5.11 Å². The molecule has 6 heteroatoms. The standard InChI is InChI=1S/C10H12F2N2O2/c11-10(12,7-15)6-14-9(16)4-8-2-1-3-13-5-8/h1-3,5,15H,4,6-7H2,(H,14,16). The lowest BCUT2D eigenvalue weighted by Gasteiger charge is -2.13. The summed E-state index contributed by atoms with van der Waals surface area (Å²) in [6.07, 6.45) is 3.04. The largest absolute Gasteiger partial charge is 0.390 e. The van der Waals surface area contributed by atoms with Gasteiger partial charge < -0.3 is 10.4 Å². The first-order valence-corrected chi connectivity index (χ1v) is 4.68. The van der Waals surface area contributed by atoms with Crippen molar-refractivity contribution in [1.29, 1.82) is 0 Å². The molecule has 0 radical (unpaired) electrons. The average molecular weight is 230 g/mol. The number of halogens is 2. The Morgan fingerprint density at radius 3 is 2.88 bits per heavy atom. The summed E-state index contributed by atoms with van der Waals surface area (Å²) in [5.74, 6) is -3.80. The minimum absolute atomic E-state index is 0.00461. The second-order valence-corrected chi connectivity index (χ2v) is 3.33. The lowest BCUT2D eigenvalue weighted by atomic mass is 10.2. The smallest absolute Gasteiger partial charge is 0.287 e. The number of aromatic nitrogens is 1. The van der Waals surface area contributed by atoms with Crippen LogP contribution in [0.2, 0.25) is 0 Å². The molecule has 1 amide bonds. The minimum atomic E-state index is -3.27. The van der Waals surface area contributed by atoms with Crippen molar-refractivity contribution in [2.24, 2.45) is 0 Å². The Morgan fingerprint density at radius 2 is 2.31 bits per heavy atom. The van der Waals surface area contributed by atoms with E-state index in [9.17, 15) is 13.6 Å². The molecule has 1 rings (SSSR count). The zero-order chi connectivity index (χ0) is 12.0. The van der Waals surface area contributed by atoms with E-state index >= 15 is 0 Å². The van der Waals surface area contributed by atoms with Gasteiger partial charge in [-0.05, 0) is 11.6 Å². The van der Waals surface area contributed by atoms with Gasteiger partial charge in [-0.25, -0.2) is 8.78 Å². The highest BCUT2D eigenvalue weighted by atomic mass is 19.3. The molecule has 88 valence electrons. The first-order chi connectivity index (χ1) is 7.53. The number of carbonyl (C=O) groups excluding carboxylic acids is 1. The molecule has 0 aliphatic rings. The molecule has 2 N–H and O–H groups in total. The van der Waals surface area contributed by atoms with Crippen LogP contribution in [0, 0.1) is 0 Å². The number of hydrogen-bond acceptors (Lipinski definition) is 3. The molecule has 0 fully saturated rings. The molecule has 0 aliphatic heterocycles. The second kappa shape index (κ2) is 5.50. The van der Waals surface area contributed by atoms with Crippen LogP contribution in [-0.2, 0) is 11.2 Å². The van der Waals surface area contributed by atoms with Crippen molar-refractivity contribution < 1.29 is 18.7 Å². The molecule has 16 heavy (non-hydrogen) atoms. The first-order valence-electron chi connectivity index (χ1n) is 4.68. The number of carbonyl (C=O) groups is 1. The van der Waals surface area contributed by atoms with Crippen molar-refractivity contribution in [1.82, 2.24) is 10.3 Å². The Balaban J connectivity index is 2.38. The average Bonchev–Trinajstić information content (AvgIpc) is 2.28. The quantitative estimate of drug-likeness (QED) is 0.768. The number of aliphatic hydroxyl groups is 1. The molecular weight excluding hydrogens is 218 g/mol. The van der Waals surface area contributed by atoms with Crippen molar-refractivity contribution in [3.63, 3.8) is 0 Å². The molecule has 1 aromatic rings. The van der Waals surface area contributed by atoms with Gasteiger partial charge >= 0.3 is 0 Å². The van der Waals surface area contributed by atoms with Gasteiger partial charge in [-0.15, -0.1) is 0 Å². The van der Waals surface area contributed by atoms with Gasteiger partial charge in [0.25, 0.3) is 5.92 Å². The number of aliphatic hydroxyl groups excluding tert-OH is 1. The van der Waals surface area contributed by atoms with E-state index in [0.29, 0.717) is 5.56 Å². The molecule has 0 bridgehead atoms. The van der Waals surface area contributed by atoms with Crippen LogP contribution >= 0.6 is 0 Å². The van der Waals surface area contributed by atoms with Crippen LogP contribution in [0.4, 0.5) is 8.78 Å². The third kappa shape index (κ3) is 4.31. The van der Waals surface area contributed by atoms with Crippen LogP contribution in [0.5, 0.6) is 0 Å². The van der Waals surface area contributed by atoms with E-state index < -0.39 is 25.0 Å². The molecule has 4 nitrogen and oxygen atoms in total. The predicted octanol–water partition coefficient (Wildman–Crippen LogP) is 0.368. The SMILES string of the molecule is O=C(Cc1cccnc1)NCC(F)(F)CO. The maximum absolute atomic E-state index is 12.6. The Labute approximate surface area is 91.3 Å². The van der Waals surface area contributed by atoms with E-state index in [1.54, 1.807) is 18.3 Å². The van der Waals surface area contributed by atoms with E-state index in [1.807, 2.05) is 5.32 Å². The zero-order valence-corrected chi connectivity index (χ0v) is 8.49. The molecule has 0 aromatic carbocycles. The fraction of sp³-hybridized carbons (Fsp3) is 0.400. The highest BCUT2D eigenvalue weighted by molar-refractivity contribution is 5.78. The maximum Gasteiger partial charge on any atom is 0.287 e. The topological polar surface area (TPSA) is 62.2 Å². The van der Waals surface area contributed by atoms with Crippen molar-refractivity contribution >= 4 is 5.91 Å². The Bertz CT molecular complexity index is 344. The molecule has 0 saturated heterocycles. The fourth-order valence-electron chi connectivity index (χ4n) is 1.03. The Morgan fingerprint density at radius 1 is 1.56 bits per heavy atom. The van der Waals surface area contributed by atoms with Gasteiger partial charge in [0, 0.05) is 12.4 Å². The van der Waals surface area contributed by atoms with Crippen LogP contribution in [0.15, 0.2) is 24.5 Å². The highest BCUT2D eigenvalue weighted by Gasteiger charge is 2.27. The van der Waals surface area contributed by atoms with Crippen LogP contribution in [-0.4, -0.2) is 35.1 Å². The number of pyridine rings is 1. The van der Waals surface area contributed by atoms with Crippen molar-refractivity contribution in [2.75, 3.05) is 13.2 Å². The third-order valence-corrected chi connectivity index (χ3v) is 1.86. The van der Waals surface area contributed by atoms with Crippen molar-refractivity contribution in [3.05, 3.63) is 30.1 Å². The number of hydrogen-bond donors (Lipinski definition) is 2. The molecule has 0 unspecified atom stereocenters. The monoisotopic (exact) mass is 230 g/mol. The zero-order valence-electron chi connectivity index (χ0n) is 8.49. The van der Waals surface area contributed by atoms with Gasteiger partial charge in [0.1, 0.15) is 6.61 Å². The summed E-state index contributed by atoms with van der Waals surface area (Å²) in [4.78, 5) is 15.0. The number of nitrogens with one attached hydrogen (secondary N) is 1. The van der Waals surface area contributed by atoms with Crippen molar-refractivity contribution in [3.8, 4) is 0 Å². The number of alkyl halides is 2. The highest BCUT2D eigenvalue weighted by Crippen LogP contribution is 2.09. The third-order valence-electron chi connectivity index (χ3n) is 1.86. The summed E-state index contributed by atoms with van der Waals surface area (Å²) in [7, 11) is 0. The normalized spacial score (nSPS) is 11.2. The molecule has 0 spiro atoms. The number of amides is 1. The predicted molar refractivity (Wildman–Crippen MR) is 53.0 cm³/mol. The first kappa shape index (κ1) is 12.5. The molecular formula is C10H12F2N2O2. The van der Waals surface area contributed by atoms with Gasteiger partial charge in [0.15, 0.2) is 0 Å². The summed E-state index contributed by atoms with van der Waals surface area (Å²) in [6.45, 7) is -2.14. The van der Waals surface area contributed by atoms with E-state index in [1.165, 1.54) is 6.20 Å². The second-order valence-electron chi connectivity index (χ2n) is 3.33. The minimum Gasteiger partial charge on any atom is -0.390 e. The lowest BCUT2D eigenvalue weighted by Crippen LogP contribution is -2.39. The lowest BCUT2D eigenvalue weighted by molar-refractivity contribution is -0.123. The Hall–Kier alpha value is -1.56. The van der Waals surface area contributed by atoms with E-state index in [2.05, 4.69) is 4.98 Å². The maximum atomic E-state index is 12.6. The summed E-state index contributed by atoms with van der Waals surface area (Å²) < 4.78 is 25.1. The molecule has 0 aliphatic carbocycles. The van der Waals surface area contributed by atoms with Crippen LogP contribution in [0.1, 0.15) is 5.56 Å². The fourth-order valence-corrected chi connectivity index (χ4v) is 1.03. The Kier molecular flexibility index (Phi) is 4.30. The van der Waals surface area contributed by atoms with Gasteiger partial charge in [-0.2, -0.15) is 0 Å². The number of rotatable bonds is 5. The van der Waals surface area contributed by atoms with Gasteiger partial charge in [-0.3, -0.25) is 9.78 Å². The van der Waals surface area contributed by atoms with Crippen LogP contribution < -0.4 is 5.32 Å². The van der Waals surface area contributed by atoms with Gasteiger partial charge in [-0.1, -0.05) is 6.07 Å². The summed E-state index contributed by atoms with van der Waals surface area (Å²) in [5, 5.41) is 10.3. The summed E-state index contributed by atoms with van der Waals surface area (Å²) >= 11 is 0. The molecule has 0 atom stereocenters. The van der Waals surface area contributed by atoms with Crippen molar-refractivity contribution in [2.45, 2.75) is 12.3 Å². The van der Waals surface area contributed by atoms with E-state index in [0.717, 1.165) is 0 Å². The van der Waals surface area contributed by atoms with Crippen LogP contribution in [0.3, 0.4) is 0 Å². The molecule has 0 saturated carbocycles. The number of nitrogens with zero attached hydrogens (tertiary/aromatic N) is 1. The molecule has 1 heterocycles. The van der Waals surface area contributed by atoms with Crippen LogP contribution in [0.25, 0.3) is 0 Å². The van der Waals surface area contributed by atoms with E-state index in [-0.39, 0.29) is 6.42 Å². The van der Waals surface area contributed by atoms with Gasteiger partial charge in [0.2, 0.25) is 5.91 Å². The summed E-state index contributed by atoms with van der Waals surface area (Å²) in [5.41, 5.74) is 0.646. The summed E-state index contributed by atoms with van der Waals surface area (Å²) in [6, 6.07) is 3.34. The molecule has 1 aromatic heterocycles.